The first kappa shape index (κ1) is 14.0. The number of rotatable bonds is 5. The minimum Gasteiger partial charge on any atom is -0.497 e. The Labute approximate surface area is 108 Å². The number of pyridine rings is 1. The van der Waals surface area contributed by atoms with Gasteiger partial charge in [-0.3, -0.25) is 9.98 Å². The van der Waals surface area contributed by atoms with Crippen molar-refractivity contribution in [3.05, 3.63) is 48.0 Å². The Bertz CT molecular complexity index is 476. The topological polar surface area (TPSA) is 43.7 Å². The van der Waals surface area contributed by atoms with Crippen molar-refractivity contribution in [2.45, 2.75) is 6.92 Å². The van der Waals surface area contributed by atoms with Crippen LogP contribution < -0.4 is 4.74 Å². The summed E-state index contributed by atoms with van der Waals surface area (Å²) in [5.74, 6) is 1.47. The number of methoxy groups -OCH3 is 2. The zero-order valence-electron chi connectivity index (χ0n) is 11.2. The van der Waals surface area contributed by atoms with Gasteiger partial charge in [0.25, 0.3) is 0 Å². The lowest BCUT2D eigenvalue weighted by Gasteiger charge is -2.05. The van der Waals surface area contributed by atoms with Crippen molar-refractivity contribution < 1.29 is 9.47 Å². The van der Waals surface area contributed by atoms with Crippen molar-refractivity contribution in [3.8, 4) is 5.75 Å². The van der Waals surface area contributed by atoms with E-state index in [0.717, 1.165) is 22.9 Å². The van der Waals surface area contributed by atoms with E-state index in [2.05, 4.69) is 9.98 Å². The molecule has 1 rings (SSSR count). The van der Waals surface area contributed by atoms with Gasteiger partial charge in [-0.1, -0.05) is 6.08 Å². The average molecular weight is 246 g/mol. The summed E-state index contributed by atoms with van der Waals surface area (Å²) in [7, 11) is 4.96. The number of hydrogen-bond donors (Lipinski definition) is 0. The van der Waals surface area contributed by atoms with Gasteiger partial charge < -0.3 is 9.47 Å². The lowest BCUT2D eigenvalue weighted by molar-refractivity contribution is 0.307. The number of hydrogen-bond acceptors (Lipinski definition) is 4. The quantitative estimate of drug-likeness (QED) is 0.455. The monoisotopic (exact) mass is 246 g/mol. The fraction of sp³-hybridized carbons (Fsp3) is 0.286. The van der Waals surface area contributed by atoms with E-state index in [9.17, 15) is 0 Å². The molecule has 0 radical (unpaired) electrons. The zero-order valence-corrected chi connectivity index (χ0v) is 11.2. The van der Waals surface area contributed by atoms with E-state index in [4.69, 9.17) is 9.47 Å². The molecule has 1 heterocycles. The Morgan fingerprint density at radius 1 is 1.39 bits per heavy atom. The Kier molecular flexibility index (Phi) is 5.64. The van der Waals surface area contributed by atoms with Crippen molar-refractivity contribution in [3.63, 3.8) is 0 Å². The summed E-state index contributed by atoms with van der Waals surface area (Å²) in [6.45, 7) is 1.93. The third-order valence-electron chi connectivity index (χ3n) is 2.32. The molecule has 18 heavy (non-hydrogen) atoms. The normalized spacial score (nSPS) is 12.9. The van der Waals surface area contributed by atoms with E-state index in [1.165, 1.54) is 0 Å². The standard InChI is InChI=1S/C14H18N2O2/c1-5-6-11(17-3)9-13(15-2)14-10-12(18-4)7-8-16-14/h5-10H,1-4H3/b6-5-,11-9+,15-13?. The third-order valence-corrected chi connectivity index (χ3v) is 2.32. The summed E-state index contributed by atoms with van der Waals surface area (Å²) in [4.78, 5) is 8.48. The van der Waals surface area contributed by atoms with Gasteiger partial charge in [0.1, 0.15) is 11.5 Å². The Morgan fingerprint density at radius 3 is 2.72 bits per heavy atom. The number of ether oxygens (including phenoxy) is 2. The summed E-state index contributed by atoms with van der Waals surface area (Å²) in [5.41, 5.74) is 1.49. The molecule has 1 aromatic heterocycles. The highest BCUT2D eigenvalue weighted by atomic mass is 16.5. The molecule has 0 aliphatic heterocycles. The molecule has 0 spiro atoms. The molecule has 4 heteroatoms. The maximum Gasteiger partial charge on any atom is 0.122 e. The second-order valence-electron chi connectivity index (χ2n) is 3.44. The summed E-state index contributed by atoms with van der Waals surface area (Å²) >= 11 is 0. The van der Waals surface area contributed by atoms with Crippen LogP contribution in [0.3, 0.4) is 0 Å². The lowest BCUT2D eigenvalue weighted by Crippen LogP contribution is -2.02. The first-order valence-electron chi connectivity index (χ1n) is 5.60. The van der Waals surface area contributed by atoms with E-state index in [0.29, 0.717) is 0 Å². The van der Waals surface area contributed by atoms with Gasteiger partial charge in [0.05, 0.1) is 25.6 Å². The summed E-state index contributed by atoms with van der Waals surface area (Å²) in [5, 5.41) is 0. The average Bonchev–Trinajstić information content (AvgIpc) is 2.43. The molecule has 4 nitrogen and oxygen atoms in total. The van der Waals surface area contributed by atoms with E-state index < -0.39 is 0 Å². The smallest absolute Gasteiger partial charge is 0.122 e. The molecule has 1 aromatic rings. The molecule has 0 amide bonds. The SMILES string of the molecule is C/C=C\C(=C/C(=NC)c1cc(OC)ccn1)OC. The second kappa shape index (κ2) is 7.27. The van der Waals surface area contributed by atoms with Crippen molar-refractivity contribution in [1.82, 2.24) is 4.98 Å². The van der Waals surface area contributed by atoms with E-state index in [-0.39, 0.29) is 0 Å². The highest BCUT2D eigenvalue weighted by Crippen LogP contribution is 2.12. The third kappa shape index (κ3) is 3.73. The van der Waals surface area contributed by atoms with Crippen molar-refractivity contribution in [2.24, 2.45) is 4.99 Å². The largest absolute Gasteiger partial charge is 0.497 e. The van der Waals surface area contributed by atoms with Crippen LogP contribution in [-0.2, 0) is 4.74 Å². The van der Waals surface area contributed by atoms with Crippen molar-refractivity contribution in [1.29, 1.82) is 0 Å². The van der Waals surface area contributed by atoms with Crippen LogP contribution in [-0.4, -0.2) is 32.0 Å². The second-order valence-corrected chi connectivity index (χ2v) is 3.44. The zero-order chi connectivity index (χ0) is 13.4. The Morgan fingerprint density at radius 2 is 2.17 bits per heavy atom. The number of aliphatic imine (C=N–C) groups is 1. The Hall–Kier alpha value is -2.10. The predicted octanol–water partition coefficient (Wildman–Crippen LogP) is 2.62. The predicted molar refractivity (Wildman–Crippen MR) is 73.2 cm³/mol. The van der Waals surface area contributed by atoms with Gasteiger partial charge in [0, 0.05) is 25.4 Å². The number of nitrogens with zero attached hydrogens (tertiary/aromatic N) is 2. The molecule has 0 unspecified atom stereocenters. The minimum absolute atomic E-state index is 0.725. The fourth-order valence-corrected chi connectivity index (χ4v) is 1.41. The van der Waals surface area contributed by atoms with Crippen molar-refractivity contribution >= 4 is 5.71 Å². The Balaban J connectivity index is 3.10. The molecule has 0 saturated heterocycles. The van der Waals surface area contributed by atoms with Gasteiger partial charge in [-0.05, 0) is 19.1 Å². The molecule has 0 fully saturated rings. The van der Waals surface area contributed by atoms with Gasteiger partial charge >= 0.3 is 0 Å². The van der Waals surface area contributed by atoms with Gasteiger partial charge in [0.15, 0.2) is 0 Å². The summed E-state index contributed by atoms with van der Waals surface area (Å²) in [6.07, 6.45) is 7.30. The van der Waals surface area contributed by atoms with Crippen LogP contribution in [0.4, 0.5) is 0 Å². The van der Waals surface area contributed by atoms with Crippen LogP contribution in [0.2, 0.25) is 0 Å². The molecule has 96 valence electrons. The summed E-state index contributed by atoms with van der Waals surface area (Å²) in [6, 6.07) is 3.63. The highest BCUT2D eigenvalue weighted by Gasteiger charge is 2.04. The minimum atomic E-state index is 0.725. The maximum absolute atomic E-state index is 5.24. The lowest BCUT2D eigenvalue weighted by atomic mass is 10.2. The van der Waals surface area contributed by atoms with E-state index in [1.807, 2.05) is 31.2 Å². The molecule has 0 atom stereocenters. The molecule has 0 aromatic carbocycles. The molecule has 0 bridgehead atoms. The summed E-state index contributed by atoms with van der Waals surface area (Å²) < 4.78 is 10.4. The van der Waals surface area contributed by atoms with E-state index >= 15 is 0 Å². The van der Waals surface area contributed by atoms with Gasteiger partial charge in [-0.25, -0.2) is 0 Å². The molecule has 0 saturated carbocycles. The van der Waals surface area contributed by atoms with E-state index in [1.54, 1.807) is 33.5 Å². The van der Waals surface area contributed by atoms with Gasteiger partial charge in [0.2, 0.25) is 0 Å². The van der Waals surface area contributed by atoms with Crippen LogP contribution in [0.25, 0.3) is 0 Å². The van der Waals surface area contributed by atoms with Crippen LogP contribution in [0.1, 0.15) is 12.6 Å². The van der Waals surface area contributed by atoms with Crippen molar-refractivity contribution in [2.75, 3.05) is 21.3 Å². The molecular formula is C14H18N2O2. The molecular weight excluding hydrogens is 228 g/mol. The molecule has 0 N–H and O–H groups in total. The van der Waals surface area contributed by atoms with Crippen LogP contribution >= 0.6 is 0 Å². The highest BCUT2D eigenvalue weighted by molar-refractivity contribution is 6.07. The van der Waals surface area contributed by atoms with Crippen LogP contribution in [0, 0.1) is 0 Å². The molecule has 0 aliphatic carbocycles. The first-order valence-corrected chi connectivity index (χ1v) is 5.60. The maximum atomic E-state index is 5.24. The number of allylic oxidation sites excluding steroid dienone is 3. The van der Waals surface area contributed by atoms with Crippen LogP contribution in [0.15, 0.2) is 47.3 Å². The fourth-order valence-electron chi connectivity index (χ4n) is 1.41. The van der Waals surface area contributed by atoms with Crippen LogP contribution in [0.5, 0.6) is 5.75 Å². The number of aromatic nitrogens is 1. The van der Waals surface area contributed by atoms with Gasteiger partial charge in [-0.2, -0.15) is 0 Å². The first-order chi connectivity index (χ1) is 8.74. The molecule has 0 aliphatic rings. The van der Waals surface area contributed by atoms with Gasteiger partial charge in [-0.15, -0.1) is 0 Å².